The molecule has 0 bridgehead atoms. The molecule has 2 aliphatic rings. The van der Waals surface area contributed by atoms with Crippen LogP contribution in [-0.4, -0.2) is 52.2 Å². The van der Waals surface area contributed by atoms with Gasteiger partial charge in [-0.05, 0) is 43.5 Å². The van der Waals surface area contributed by atoms with E-state index in [1.807, 2.05) is 41.0 Å². The van der Waals surface area contributed by atoms with Crippen molar-refractivity contribution in [2.24, 2.45) is 12.5 Å². The van der Waals surface area contributed by atoms with Crippen molar-refractivity contribution >= 4 is 5.91 Å². The third-order valence-electron chi connectivity index (χ3n) is 5.93. The van der Waals surface area contributed by atoms with Crippen molar-refractivity contribution in [3.05, 3.63) is 47.8 Å². The summed E-state index contributed by atoms with van der Waals surface area (Å²) in [6.07, 6.45) is 7.02. The van der Waals surface area contributed by atoms with Crippen molar-refractivity contribution < 1.29 is 9.53 Å². The van der Waals surface area contributed by atoms with Crippen molar-refractivity contribution in [2.75, 3.05) is 26.7 Å². The number of methoxy groups -OCH3 is 1. The minimum Gasteiger partial charge on any atom is -0.497 e. The van der Waals surface area contributed by atoms with Crippen LogP contribution < -0.4 is 4.74 Å². The van der Waals surface area contributed by atoms with Crippen LogP contribution in [0, 0.1) is 5.41 Å². The van der Waals surface area contributed by atoms with E-state index in [4.69, 9.17) is 4.74 Å². The quantitative estimate of drug-likeness (QED) is 0.813. The standard InChI is InChI=1S/C21H28N4O2/c1-23-13-18(12-22-23)14-24-10-8-21(16-24)7-4-9-25(20(21)26)15-17-5-3-6-19(11-17)27-2/h3,5-6,11-13H,4,7-10,14-16H2,1-2H3. The largest absolute Gasteiger partial charge is 0.497 e. The maximum absolute atomic E-state index is 13.4. The number of benzene rings is 1. The van der Waals surface area contributed by atoms with Crippen LogP contribution in [0.1, 0.15) is 30.4 Å². The number of nitrogens with zero attached hydrogens (tertiary/aromatic N) is 4. The Morgan fingerprint density at radius 3 is 2.85 bits per heavy atom. The van der Waals surface area contributed by atoms with Gasteiger partial charge in [-0.15, -0.1) is 0 Å². The number of piperidine rings is 1. The Labute approximate surface area is 160 Å². The van der Waals surface area contributed by atoms with E-state index in [9.17, 15) is 4.79 Å². The first-order valence-electron chi connectivity index (χ1n) is 9.70. The number of ether oxygens (including phenoxy) is 1. The molecule has 2 fully saturated rings. The number of carbonyl (C=O) groups is 1. The first-order chi connectivity index (χ1) is 13.1. The predicted molar refractivity (Wildman–Crippen MR) is 103 cm³/mol. The van der Waals surface area contributed by atoms with Gasteiger partial charge in [-0.25, -0.2) is 0 Å². The number of hydrogen-bond acceptors (Lipinski definition) is 4. The van der Waals surface area contributed by atoms with E-state index in [0.29, 0.717) is 12.5 Å². The van der Waals surface area contributed by atoms with Crippen LogP contribution in [0.3, 0.4) is 0 Å². The zero-order valence-corrected chi connectivity index (χ0v) is 16.2. The molecule has 0 aliphatic carbocycles. The molecule has 2 aliphatic heterocycles. The molecule has 6 nitrogen and oxygen atoms in total. The molecule has 6 heteroatoms. The second kappa shape index (κ2) is 7.35. The minimum atomic E-state index is -0.209. The molecule has 1 amide bonds. The number of likely N-dealkylation sites (tertiary alicyclic amines) is 2. The van der Waals surface area contributed by atoms with Crippen molar-refractivity contribution in [3.63, 3.8) is 0 Å². The molecule has 0 saturated carbocycles. The van der Waals surface area contributed by atoms with E-state index >= 15 is 0 Å². The summed E-state index contributed by atoms with van der Waals surface area (Å²) in [6, 6.07) is 8.03. The van der Waals surface area contributed by atoms with Gasteiger partial charge in [0.15, 0.2) is 0 Å². The monoisotopic (exact) mass is 368 g/mol. The average molecular weight is 368 g/mol. The molecule has 1 spiro atoms. The van der Waals surface area contributed by atoms with Crippen LogP contribution in [0.25, 0.3) is 0 Å². The van der Waals surface area contributed by atoms with E-state index in [-0.39, 0.29) is 5.41 Å². The predicted octanol–water partition coefficient (Wildman–Crippen LogP) is 2.44. The van der Waals surface area contributed by atoms with Crippen LogP contribution in [0.5, 0.6) is 5.75 Å². The van der Waals surface area contributed by atoms with Gasteiger partial charge >= 0.3 is 0 Å². The number of hydrogen-bond donors (Lipinski definition) is 0. The molecule has 2 aromatic rings. The Hall–Kier alpha value is -2.34. The molecule has 4 rings (SSSR count). The third kappa shape index (κ3) is 3.72. The van der Waals surface area contributed by atoms with Crippen LogP contribution in [0.4, 0.5) is 0 Å². The highest BCUT2D eigenvalue weighted by atomic mass is 16.5. The molecule has 1 aromatic heterocycles. The summed E-state index contributed by atoms with van der Waals surface area (Å²) in [4.78, 5) is 17.8. The summed E-state index contributed by atoms with van der Waals surface area (Å²) >= 11 is 0. The van der Waals surface area contributed by atoms with E-state index < -0.39 is 0 Å². The van der Waals surface area contributed by atoms with Crippen LogP contribution in [0.2, 0.25) is 0 Å². The smallest absolute Gasteiger partial charge is 0.230 e. The number of aryl methyl sites for hydroxylation is 1. The van der Waals surface area contributed by atoms with E-state index in [2.05, 4.69) is 22.3 Å². The average Bonchev–Trinajstić information content (AvgIpc) is 3.26. The lowest BCUT2D eigenvalue weighted by molar-refractivity contribution is -0.146. The van der Waals surface area contributed by atoms with Crippen molar-refractivity contribution in [1.29, 1.82) is 0 Å². The number of carbonyl (C=O) groups excluding carboxylic acids is 1. The lowest BCUT2D eigenvalue weighted by atomic mass is 9.78. The molecule has 27 heavy (non-hydrogen) atoms. The molecule has 1 aromatic carbocycles. The van der Waals surface area contributed by atoms with Gasteiger partial charge < -0.3 is 9.64 Å². The second-order valence-electron chi connectivity index (χ2n) is 7.95. The fraction of sp³-hybridized carbons (Fsp3) is 0.524. The molecule has 0 radical (unpaired) electrons. The molecule has 1 unspecified atom stereocenters. The highest BCUT2D eigenvalue weighted by Gasteiger charge is 2.48. The van der Waals surface area contributed by atoms with Crippen molar-refractivity contribution in [3.8, 4) is 5.75 Å². The summed E-state index contributed by atoms with van der Waals surface area (Å²) < 4.78 is 7.16. The van der Waals surface area contributed by atoms with Gasteiger partial charge in [0.05, 0.1) is 18.7 Å². The Morgan fingerprint density at radius 2 is 2.07 bits per heavy atom. The fourth-order valence-electron chi connectivity index (χ4n) is 4.58. The number of aromatic nitrogens is 2. The normalized spacial score (nSPS) is 23.3. The van der Waals surface area contributed by atoms with E-state index in [1.165, 1.54) is 5.56 Å². The second-order valence-corrected chi connectivity index (χ2v) is 7.95. The van der Waals surface area contributed by atoms with E-state index in [0.717, 1.165) is 56.8 Å². The molecule has 0 N–H and O–H groups in total. The van der Waals surface area contributed by atoms with Gasteiger partial charge in [0, 0.05) is 45.0 Å². The summed E-state index contributed by atoms with van der Waals surface area (Å²) in [5.41, 5.74) is 2.13. The maximum atomic E-state index is 13.4. The Morgan fingerprint density at radius 1 is 1.19 bits per heavy atom. The van der Waals surface area contributed by atoms with Gasteiger partial charge in [0.25, 0.3) is 0 Å². The molecular formula is C21H28N4O2. The maximum Gasteiger partial charge on any atom is 0.230 e. The van der Waals surface area contributed by atoms with Crippen LogP contribution >= 0.6 is 0 Å². The zero-order valence-electron chi connectivity index (χ0n) is 16.2. The molecule has 3 heterocycles. The van der Waals surface area contributed by atoms with Gasteiger partial charge in [-0.1, -0.05) is 12.1 Å². The number of amides is 1. The summed E-state index contributed by atoms with van der Waals surface area (Å²) in [7, 11) is 3.62. The topological polar surface area (TPSA) is 50.6 Å². The van der Waals surface area contributed by atoms with Gasteiger partial charge in [-0.2, -0.15) is 5.10 Å². The van der Waals surface area contributed by atoms with Gasteiger partial charge in [0.1, 0.15) is 5.75 Å². The minimum absolute atomic E-state index is 0.209. The lowest BCUT2D eigenvalue weighted by Crippen LogP contribution is -2.49. The molecular weight excluding hydrogens is 340 g/mol. The first-order valence-corrected chi connectivity index (χ1v) is 9.70. The summed E-state index contributed by atoms with van der Waals surface area (Å²) in [6.45, 7) is 4.22. The third-order valence-corrected chi connectivity index (χ3v) is 5.93. The zero-order chi connectivity index (χ0) is 18.9. The van der Waals surface area contributed by atoms with Crippen LogP contribution in [-0.2, 0) is 24.9 Å². The lowest BCUT2D eigenvalue weighted by Gasteiger charge is -2.39. The highest BCUT2D eigenvalue weighted by Crippen LogP contribution is 2.41. The Bertz CT molecular complexity index is 818. The molecule has 144 valence electrons. The summed E-state index contributed by atoms with van der Waals surface area (Å²) in [5.74, 6) is 1.17. The SMILES string of the molecule is COc1cccc(CN2CCCC3(CCN(Cc4cnn(C)c4)C3)C2=O)c1. The van der Waals surface area contributed by atoms with Crippen LogP contribution in [0.15, 0.2) is 36.7 Å². The van der Waals surface area contributed by atoms with Gasteiger partial charge in [0.2, 0.25) is 5.91 Å². The molecule has 1 atom stereocenters. The summed E-state index contributed by atoms with van der Waals surface area (Å²) in [5, 5.41) is 4.26. The highest BCUT2D eigenvalue weighted by molar-refractivity contribution is 5.84. The number of rotatable bonds is 5. The Kier molecular flexibility index (Phi) is 4.91. The van der Waals surface area contributed by atoms with Crippen molar-refractivity contribution in [1.82, 2.24) is 19.6 Å². The fourth-order valence-corrected chi connectivity index (χ4v) is 4.58. The van der Waals surface area contributed by atoms with Gasteiger partial charge in [-0.3, -0.25) is 14.4 Å². The molecule has 2 saturated heterocycles. The van der Waals surface area contributed by atoms with Crippen molar-refractivity contribution in [2.45, 2.75) is 32.4 Å². The van der Waals surface area contributed by atoms with E-state index in [1.54, 1.807) is 7.11 Å². The first kappa shape index (κ1) is 18.0. The Balaban J connectivity index is 1.43.